The van der Waals surface area contributed by atoms with Gasteiger partial charge in [0.05, 0.1) is 18.1 Å². The van der Waals surface area contributed by atoms with E-state index in [4.69, 9.17) is 16.2 Å². The third kappa shape index (κ3) is 6.44. The molecule has 0 bridgehead atoms. The standard InChI is InChI=1S/C33H34N12O6/c1-4-44-22(8-10-36-44)30(49)40-32-38-20-14-18(28(34)47)16-24(46)26(20)42(32)12-6-7-13-43-27-21(15-19(29(35)48)17-25(27)51-3)39-33(43)41-31(50)23-9-11-37-45(23)5-2/h6-11,14-17,46H,4-5,12-13H2,1-3H3,(H2,34,47)(H2,35,48)(H,38,40,49)(H,39,41,50)/b7-6+. The molecule has 0 spiro atoms. The van der Waals surface area contributed by atoms with Gasteiger partial charge in [-0.2, -0.15) is 10.2 Å². The summed E-state index contributed by atoms with van der Waals surface area (Å²) in [6, 6.07) is 8.80. The van der Waals surface area contributed by atoms with Gasteiger partial charge < -0.3 is 30.4 Å². The zero-order chi connectivity index (χ0) is 36.4. The van der Waals surface area contributed by atoms with E-state index in [1.165, 1.54) is 53.1 Å². The highest BCUT2D eigenvalue weighted by Crippen LogP contribution is 2.32. The van der Waals surface area contributed by atoms with E-state index >= 15 is 0 Å². The number of ether oxygens (including phenoxy) is 1. The molecule has 262 valence electrons. The molecule has 18 nitrogen and oxygen atoms in total. The molecule has 4 heterocycles. The molecule has 7 N–H and O–H groups in total. The number of fused-ring (bicyclic) bond motifs is 2. The number of benzene rings is 2. The highest BCUT2D eigenvalue weighted by atomic mass is 16.5. The highest BCUT2D eigenvalue weighted by molar-refractivity contribution is 6.05. The van der Waals surface area contributed by atoms with E-state index in [0.717, 1.165) is 0 Å². The van der Waals surface area contributed by atoms with Gasteiger partial charge >= 0.3 is 0 Å². The van der Waals surface area contributed by atoms with Gasteiger partial charge in [0.2, 0.25) is 23.7 Å². The third-order valence-electron chi connectivity index (χ3n) is 8.11. The first kappa shape index (κ1) is 33.9. The minimum atomic E-state index is -0.757. The van der Waals surface area contributed by atoms with Crippen molar-refractivity contribution >= 4 is 57.6 Å². The van der Waals surface area contributed by atoms with Crippen LogP contribution in [0.4, 0.5) is 11.9 Å². The van der Waals surface area contributed by atoms with E-state index in [1.54, 1.807) is 33.4 Å². The lowest BCUT2D eigenvalue weighted by atomic mass is 10.1. The largest absolute Gasteiger partial charge is 0.506 e. The van der Waals surface area contributed by atoms with Crippen LogP contribution in [-0.2, 0) is 26.2 Å². The van der Waals surface area contributed by atoms with E-state index in [9.17, 15) is 24.3 Å². The number of anilines is 2. The number of nitrogens with two attached hydrogens (primary N) is 2. The number of primary amides is 2. The molecule has 0 aliphatic rings. The third-order valence-corrected chi connectivity index (χ3v) is 8.11. The Kier molecular flexibility index (Phi) is 9.22. The lowest BCUT2D eigenvalue weighted by Crippen LogP contribution is -2.20. The number of nitrogens with zero attached hydrogens (tertiary/aromatic N) is 8. The average Bonchev–Trinajstić information content (AvgIpc) is 3.91. The zero-order valence-electron chi connectivity index (χ0n) is 27.8. The van der Waals surface area contributed by atoms with Gasteiger partial charge in [-0.1, -0.05) is 12.2 Å². The number of phenols is 1. The summed E-state index contributed by atoms with van der Waals surface area (Å²) < 4.78 is 11.9. The smallest absolute Gasteiger partial charge is 0.276 e. The van der Waals surface area contributed by atoms with Crippen LogP contribution in [0.5, 0.6) is 11.5 Å². The Labute approximate surface area is 289 Å². The van der Waals surface area contributed by atoms with Crippen molar-refractivity contribution in [1.82, 2.24) is 38.7 Å². The van der Waals surface area contributed by atoms with Crippen molar-refractivity contribution in [3.63, 3.8) is 0 Å². The molecule has 0 unspecified atom stereocenters. The first-order valence-corrected chi connectivity index (χ1v) is 15.8. The fourth-order valence-electron chi connectivity index (χ4n) is 5.71. The predicted molar refractivity (Wildman–Crippen MR) is 186 cm³/mol. The Hall–Kier alpha value is -6.98. The second-order valence-corrected chi connectivity index (χ2v) is 11.2. The molecule has 4 aromatic heterocycles. The van der Waals surface area contributed by atoms with Gasteiger partial charge in [-0.25, -0.2) is 9.97 Å². The molecule has 0 aliphatic heterocycles. The van der Waals surface area contributed by atoms with Gasteiger partial charge in [0.15, 0.2) is 0 Å². The van der Waals surface area contributed by atoms with Gasteiger partial charge in [0, 0.05) is 49.7 Å². The van der Waals surface area contributed by atoms with Gasteiger partial charge in [-0.05, 0) is 50.2 Å². The molecule has 0 saturated carbocycles. The van der Waals surface area contributed by atoms with E-state index < -0.39 is 23.6 Å². The van der Waals surface area contributed by atoms with Crippen LogP contribution in [0.15, 0.2) is 60.9 Å². The van der Waals surface area contributed by atoms with Gasteiger partial charge in [-0.15, -0.1) is 0 Å². The topological polar surface area (TPSA) is 245 Å². The van der Waals surface area contributed by atoms with Crippen LogP contribution in [0.1, 0.15) is 55.5 Å². The molecule has 6 rings (SSSR count). The van der Waals surface area contributed by atoms with Crippen LogP contribution >= 0.6 is 0 Å². The maximum absolute atomic E-state index is 13.3. The van der Waals surface area contributed by atoms with Crippen molar-refractivity contribution in [1.29, 1.82) is 0 Å². The fourth-order valence-corrected chi connectivity index (χ4v) is 5.71. The van der Waals surface area contributed by atoms with Crippen molar-refractivity contribution in [3.8, 4) is 11.5 Å². The zero-order valence-corrected chi connectivity index (χ0v) is 27.8. The number of amides is 4. The molecule has 18 heteroatoms. The number of methoxy groups -OCH3 is 1. The van der Waals surface area contributed by atoms with Crippen molar-refractivity contribution in [2.75, 3.05) is 17.7 Å². The second kappa shape index (κ2) is 13.9. The number of imidazole rings is 2. The maximum atomic E-state index is 13.3. The molecular weight excluding hydrogens is 660 g/mol. The summed E-state index contributed by atoms with van der Waals surface area (Å²) in [6.07, 6.45) is 6.55. The quantitative estimate of drug-likeness (QED) is 0.111. The lowest BCUT2D eigenvalue weighted by Gasteiger charge is -2.12. The van der Waals surface area contributed by atoms with Crippen LogP contribution in [0, 0.1) is 0 Å². The number of hydrogen-bond acceptors (Lipinski definition) is 10. The minimum Gasteiger partial charge on any atom is -0.506 e. The number of allylic oxidation sites excluding steroid dienone is 2. The number of aryl methyl sites for hydroxylation is 2. The predicted octanol–water partition coefficient (Wildman–Crippen LogP) is 2.49. The first-order valence-electron chi connectivity index (χ1n) is 15.8. The first-order chi connectivity index (χ1) is 24.5. The molecule has 51 heavy (non-hydrogen) atoms. The number of phenolic OH excluding ortho intramolecular Hbond substituents is 1. The Morgan fingerprint density at radius 2 is 1.24 bits per heavy atom. The number of carbonyl (C=O) groups excluding carboxylic acids is 4. The SMILES string of the molecule is CCn1nccc1C(=O)Nc1nc2cc(C(N)=O)cc(O)c2n1C/C=C/Cn1c(NC(=O)c2ccnn2CC)nc2cc(C(N)=O)cc(OC)c21. The van der Waals surface area contributed by atoms with Crippen LogP contribution in [0.3, 0.4) is 0 Å². The number of nitrogens with one attached hydrogen (secondary N) is 2. The summed E-state index contributed by atoms with van der Waals surface area (Å²) in [4.78, 5) is 59.6. The Bertz CT molecular complexity index is 2360. The van der Waals surface area contributed by atoms with E-state index in [2.05, 4.69) is 30.8 Å². The summed E-state index contributed by atoms with van der Waals surface area (Å²) in [7, 11) is 1.44. The van der Waals surface area contributed by atoms with Crippen molar-refractivity contribution < 1.29 is 29.0 Å². The number of carbonyl (C=O) groups is 4. The van der Waals surface area contributed by atoms with E-state index in [-0.39, 0.29) is 52.9 Å². The monoisotopic (exact) mass is 694 g/mol. The lowest BCUT2D eigenvalue weighted by molar-refractivity contribution is 0.0991. The van der Waals surface area contributed by atoms with Crippen molar-refractivity contribution in [2.45, 2.75) is 40.0 Å². The van der Waals surface area contributed by atoms with E-state index in [0.29, 0.717) is 41.3 Å². The Morgan fingerprint density at radius 3 is 1.71 bits per heavy atom. The normalized spacial score (nSPS) is 11.4. The molecule has 0 aliphatic carbocycles. The summed E-state index contributed by atoms with van der Waals surface area (Å²) in [5.74, 6) is -2.09. The van der Waals surface area contributed by atoms with Gasteiger partial charge in [0.1, 0.15) is 33.9 Å². The number of hydrogen-bond donors (Lipinski definition) is 5. The van der Waals surface area contributed by atoms with Crippen LogP contribution in [-0.4, -0.2) is 74.5 Å². The summed E-state index contributed by atoms with van der Waals surface area (Å²) in [6.45, 7) is 4.87. The second-order valence-electron chi connectivity index (χ2n) is 11.2. The minimum absolute atomic E-state index is 0.0408. The van der Waals surface area contributed by atoms with Crippen LogP contribution < -0.4 is 26.8 Å². The Balaban J connectivity index is 1.37. The van der Waals surface area contributed by atoms with Gasteiger partial charge in [0.25, 0.3) is 11.8 Å². The van der Waals surface area contributed by atoms with Gasteiger partial charge in [-0.3, -0.25) is 39.2 Å². The molecule has 6 aromatic rings. The number of rotatable bonds is 13. The Morgan fingerprint density at radius 1 is 0.765 bits per heavy atom. The number of aromatic nitrogens is 8. The average molecular weight is 695 g/mol. The molecule has 0 fully saturated rings. The van der Waals surface area contributed by atoms with Crippen molar-refractivity contribution in [3.05, 3.63) is 83.5 Å². The highest BCUT2D eigenvalue weighted by Gasteiger charge is 2.22. The molecule has 0 radical (unpaired) electrons. The van der Waals surface area contributed by atoms with Crippen LogP contribution in [0.2, 0.25) is 0 Å². The molecule has 0 saturated heterocycles. The summed E-state index contributed by atoms with van der Waals surface area (Å²) >= 11 is 0. The molecule has 0 atom stereocenters. The number of aromatic hydroxyl groups is 1. The summed E-state index contributed by atoms with van der Waals surface area (Å²) in [5, 5.41) is 24.9. The maximum Gasteiger partial charge on any atom is 0.276 e. The fraction of sp³-hybridized carbons (Fsp3) is 0.212. The van der Waals surface area contributed by atoms with E-state index in [1.807, 2.05) is 13.8 Å². The van der Waals surface area contributed by atoms with Crippen molar-refractivity contribution in [2.24, 2.45) is 11.5 Å². The molecule has 4 amide bonds. The van der Waals surface area contributed by atoms with Crippen LogP contribution in [0.25, 0.3) is 22.1 Å². The molecular formula is C33H34N12O6. The molecule has 2 aromatic carbocycles. The summed E-state index contributed by atoms with van der Waals surface area (Å²) in [5.41, 5.74) is 13.2.